The molecule has 3 nitrogen and oxygen atoms in total. The molecule has 1 aromatic carbocycles. The number of hydrogen-bond donors (Lipinski definition) is 1. The number of phenols is 1. The summed E-state index contributed by atoms with van der Waals surface area (Å²) in [4.78, 5) is 5.15. The maximum absolute atomic E-state index is 9.96. The standard InChI is InChI=1S/C17H25BrN2O/c18-15-6-7-17(21)14(12-15)13-19-8-10-20(11-9-19)16-4-2-1-3-5-16/h6-7,12,16,21H,1-5,8-11,13H2. The first kappa shape index (κ1) is 15.3. The van der Waals surface area contributed by atoms with Crippen molar-refractivity contribution in [2.75, 3.05) is 26.2 Å². The van der Waals surface area contributed by atoms with E-state index in [4.69, 9.17) is 0 Å². The molecule has 1 saturated carbocycles. The highest BCUT2D eigenvalue weighted by atomic mass is 79.9. The largest absolute Gasteiger partial charge is 0.508 e. The van der Waals surface area contributed by atoms with Gasteiger partial charge in [-0.3, -0.25) is 9.80 Å². The number of phenolic OH excluding ortho intramolecular Hbond substituents is 1. The van der Waals surface area contributed by atoms with Crippen molar-refractivity contribution in [1.82, 2.24) is 9.80 Å². The van der Waals surface area contributed by atoms with Gasteiger partial charge >= 0.3 is 0 Å². The Morgan fingerprint density at radius 3 is 2.48 bits per heavy atom. The van der Waals surface area contributed by atoms with E-state index >= 15 is 0 Å². The van der Waals surface area contributed by atoms with Gasteiger partial charge in [0.15, 0.2) is 0 Å². The van der Waals surface area contributed by atoms with Crippen LogP contribution in [0.2, 0.25) is 0 Å². The molecule has 3 rings (SSSR count). The van der Waals surface area contributed by atoms with Crippen molar-refractivity contribution in [2.45, 2.75) is 44.7 Å². The van der Waals surface area contributed by atoms with Gasteiger partial charge in [-0.1, -0.05) is 35.2 Å². The molecular weight excluding hydrogens is 328 g/mol. The normalized spacial score (nSPS) is 22.5. The van der Waals surface area contributed by atoms with Gasteiger partial charge in [-0.15, -0.1) is 0 Å². The summed E-state index contributed by atoms with van der Waals surface area (Å²) in [6.07, 6.45) is 7.05. The smallest absolute Gasteiger partial charge is 0.120 e. The van der Waals surface area contributed by atoms with Gasteiger partial charge in [-0.2, -0.15) is 0 Å². The monoisotopic (exact) mass is 352 g/mol. The van der Waals surface area contributed by atoms with Crippen LogP contribution < -0.4 is 0 Å². The lowest BCUT2D eigenvalue weighted by Crippen LogP contribution is -2.50. The van der Waals surface area contributed by atoms with Crippen molar-refractivity contribution < 1.29 is 5.11 Å². The summed E-state index contributed by atoms with van der Waals surface area (Å²) in [6, 6.07) is 6.53. The Hall–Kier alpha value is -0.580. The minimum Gasteiger partial charge on any atom is -0.508 e. The molecule has 1 aromatic rings. The van der Waals surface area contributed by atoms with Crippen LogP contribution in [0.5, 0.6) is 5.75 Å². The van der Waals surface area contributed by atoms with Gasteiger partial charge in [0.25, 0.3) is 0 Å². The Morgan fingerprint density at radius 2 is 1.76 bits per heavy atom. The summed E-state index contributed by atoms with van der Waals surface area (Å²) >= 11 is 3.48. The van der Waals surface area contributed by atoms with Gasteiger partial charge in [0, 0.05) is 48.8 Å². The lowest BCUT2D eigenvalue weighted by molar-refractivity contribution is 0.0751. The van der Waals surface area contributed by atoms with Crippen molar-refractivity contribution in [1.29, 1.82) is 0 Å². The fraction of sp³-hybridized carbons (Fsp3) is 0.647. The highest BCUT2D eigenvalue weighted by Crippen LogP contribution is 2.26. The average Bonchev–Trinajstić information content (AvgIpc) is 2.53. The van der Waals surface area contributed by atoms with Gasteiger partial charge in [0.05, 0.1) is 0 Å². The molecule has 4 heteroatoms. The predicted octanol–water partition coefficient (Wildman–Crippen LogP) is 3.61. The second-order valence-electron chi connectivity index (χ2n) is 6.38. The molecule has 2 fully saturated rings. The summed E-state index contributed by atoms with van der Waals surface area (Å²) in [5.41, 5.74) is 1.02. The SMILES string of the molecule is Oc1ccc(Br)cc1CN1CCN(C2CCCCC2)CC1. The second kappa shape index (κ2) is 7.12. The van der Waals surface area contributed by atoms with E-state index in [2.05, 4.69) is 25.7 Å². The van der Waals surface area contributed by atoms with Gasteiger partial charge in [0.2, 0.25) is 0 Å². The molecule has 1 aliphatic carbocycles. The minimum absolute atomic E-state index is 0.410. The second-order valence-corrected chi connectivity index (χ2v) is 7.29. The summed E-state index contributed by atoms with van der Waals surface area (Å²) in [7, 11) is 0. The van der Waals surface area contributed by atoms with Crippen molar-refractivity contribution in [2.24, 2.45) is 0 Å². The average molecular weight is 353 g/mol. The van der Waals surface area contributed by atoms with Crippen LogP contribution in [0, 0.1) is 0 Å². The van der Waals surface area contributed by atoms with Crippen molar-refractivity contribution >= 4 is 15.9 Å². The van der Waals surface area contributed by atoms with Crippen LogP contribution in [0.15, 0.2) is 22.7 Å². The van der Waals surface area contributed by atoms with E-state index in [1.54, 1.807) is 6.07 Å². The first-order chi connectivity index (χ1) is 10.2. The quantitative estimate of drug-likeness (QED) is 0.899. The molecule has 2 aliphatic rings. The lowest BCUT2D eigenvalue weighted by Gasteiger charge is -2.40. The number of rotatable bonds is 3. The van der Waals surface area contributed by atoms with E-state index in [1.807, 2.05) is 12.1 Å². The van der Waals surface area contributed by atoms with Crippen LogP contribution in [0.4, 0.5) is 0 Å². The summed E-state index contributed by atoms with van der Waals surface area (Å²) in [5.74, 6) is 0.410. The molecule has 116 valence electrons. The third-order valence-corrected chi connectivity index (χ3v) is 5.43. The van der Waals surface area contributed by atoms with E-state index in [0.29, 0.717) is 5.75 Å². The van der Waals surface area contributed by atoms with Crippen molar-refractivity contribution in [3.8, 4) is 5.75 Å². The van der Waals surface area contributed by atoms with Crippen LogP contribution in [0.25, 0.3) is 0 Å². The maximum atomic E-state index is 9.96. The van der Waals surface area contributed by atoms with Crippen LogP contribution in [0.1, 0.15) is 37.7 Å². The topological polar surface area (TPSA) is 26.7 Å². The van der Waals surface area contributed by atoms with Crippen molar-refractivity contribution in [3.05, 3.63) is 28.2 Å². The minimum atomic E-state index is 0.410. The Balaban J connectivity index is 1.52. The molecule has 0 atom stereocenters. The summed E-state index contributed by atoms with van der Waals surface area (Å²) < 4.78 is 1.04. The molecule has 1 N–H and O–H groups in total. The Bertz CT molecular complexity index is 466. The van der Waals surface area contributed by atoms with Gasteiger partial charge in [-0.25, -0.2) is 0 Å². The lowest BCUT2D eigenvalue weighted by atomic mass is 9.94. The molecule has 0 amide bonds. The predicted molar refractivity (Wildman–Crippen MR) is 89.5 cm³/mol. The number of piperazine rings is 1. The zero-order valence-corrected chi connectivity index (χ0v) is 14.2. The molecule has 0 unspecified atom stereocenters. The van der Waals surface area contributed by atoms with Gasteiger partial charge in [-0.05, 0) is 31.0 Å². The number of benzene rings is 1. The molecular formula is C17H25BrN2O. The van der Waals surface area contributed by atoms with Crippen LogP contribution in [0.3, 0.4) is 0 Å². The Labute approximate surface area is 136 Å². The van der Waals surface area contributed by atoms with Crippen LogP contribution in [-0.2, 0) is 6.54 Å². The third-order valence-electron chi connectivity index (χ3n) is 4.93. The highest BCUT2D eigenvalue weighted by molar-refractivity contribution is 9.10. The Kier molecular flexibility index (Phi) is 5.19. The van der Waals surface area contributed by atoms with Crippen molar-refractivity contribution in [3.63, 3.8) is 0 Å². The van der Waals surface area contributed by atoms with Crippen LogP contribution >= 0.6 is 15.9 Å². The van der Waals surface area contributed by atoms with Crippen LogP contribution in [-0.4, -0.2) is 47.1 Å². The van der Waals surface area contributed by atoms with E-state index in [-0.39, 0.29) is 0 Å². The maximum Gasteiger partial charge on any atom is 0.120 e. The highest BCUT2D eigenvalue weighted by Gasteiger charge is 2.25. The third kappa shape index (κ3) is 3.99. The zero-order chi connectivity index (χ0) is 14.7. The van der Waals surface area contributed by atoms with E-state index in [1.165, 1.54) is 45.2 Å². The molecule has 0 radical (unpaired) electrons. The van der Waals surface area contributed by atoms with E-state index in [9.17, 15) is 5.11 Å². The molecule has 21 heavy (non-hydrogen) atoms. The van der Waals surface area contributed by atoms with Gasteiger partial charge < -0.3 is 5.11 Å². The number of nitrogens with zero attached hydrogens (tertiary/aromatic N) is 2. The molecule has 0 spiro atoms. The first-order valence-electron chi connectivity index (χ1n) is 8.16. The Morgan fingerprint density at radius 1 is 1.05 bits per heavy atom. The molecule has 1 heterocycles. The molecule has 1 aliphatic heterocycles. The molecule has 1 saturated heterocycles. The zero-order valence-electron chi connectivity index (χ0n) is 12.6. The fourth-order valence-corrected chi connectivity index (χ4v) is 4.06. The van der Waals surface area contributed by atoms with E-state index in [0.717, 1.165) is 35.7 Å². The summed E-state index contributed by atoms with van der Waals surface area (Å²) in [5, 5.41) is 9.96. The number of aromatic hydroxyl groups is 1. The number of hydrogen-bond acceptors (Lipinski definition) is 3. The first-order valence-corrected chi connectivity index (χ1v) is 8.95. The van der Waals surface area contributed by atoms with E-state index < -0.39 is 0 Å². The summed E-state index contributed by atoms with van der Waals surface area (Å²) in [6.45, 7) is 5.44. The number of halogens is 1. The fourth-order valence-electron chi connectivity index (χ4n) is 3.65. The molecule has 0 aromatic heterocycles. The molecule has 0 bridgehead atoms. The van der Waals surface area contributed by atoms with Gasteiger partial charge in [0.1, 0.15) is 5.75 Å².